The molecule has 1 N–H and O–H groups in total. The summed E-state index contributed by atoms with van der Waals surface area (Å²) in [5, 5.41) is 9.07. The number of aromatic carboxylic acids is 1. The molecule has 0 aliphatic carbocycles. The van der Waals surface area contributed by atoms with Gasteiger partial charge in [0.25, 0.3) is 0 Å². The molecule has 0 bridgehead atoms. The molecular formula is C12H9NO2S. The van der Waals surface area contributed by atoms with E-state index in [1.165, 1.54) is 0 Å². The molecule has 0 amide bonds. The van der Waals surface area contributed by atoms with Gasteiger partial charge < -0.3 is 5.11 Å². The van der Waals surface area contributed by atoms with Gasteiger partial charge in [-0.25, -0.2) is 4.79 Å². The summed E-state index contributed by atoms with van der Waals surface area (Å²) in [6.07, 6.45) is 3.28. The minimum Gasteiger partial charge on any atom is -0.478 e. The van der Waals surface area contributed by atoms with Gasteiger partial charge in [-0.1, -0.05) is 6.07 Å². The smallest absolute Gasteiger partial charge is 0.336 e. The minimum absolute atomic E-state index is 0.255. The van der Waals surface area contributed by atoms with Crippen molar-refractivity contribution < 1.29 is 9.90 Å². The summed E-state index contributed by atoms with van der Waals surface area (Å²) in [5.74, 6) is -0.952. The van der Waals surface area contributed by atoms with Crippen LogP contribution in [0.4, 0.5) is 0 Å². The van der Waals surface area contributed by atoms with Gasteiger partial charge in [-0.2, -0.15) is 0 Å². The fraction of sp³-hybridized carbons (Fsp3) is 0. The van der Waals surface area contributed by atoms with E-state index in [-0.39, 0.29) is 5.56 Å². The van der Waals surface area contributed by atoms with Crippen molar-refractivity contribution in [3.05, 3.63) is 48.3 Å². The Balaban J connectivity index is 2.63. The van der Waals surface area contributed by atoms with Crippen LogP contribution in [0.1, 0.15) is 10.4 Å². The van der Waals surface area contributed by atoms with Gasteiger partial charge in [0.15, 0.2) is 0 Å². The number of thiol groups is 1. The lowest BCUT2D eigenvalue weighted by Crippen LogP contribution is -1.99. The lowest BCUT2D eigenvalue weighted by atomic mass is 10.0. The number of hydrogen-bond acceptors (Lipinski definition) is 3. The molecule has 0 aliphatic heterocycles. The Morgan fingerprint density at radius 3 is 2.75 bits per heavy atom. The van der Waals surface area contributed by atoms with Gasteiger partial charge in [-0.05, 0) is 29.8 Å². The number of benzene rings is 1. The maximum atomic E-state index is 11.1. The molecule has 1 heterocycles. The van der Waals surface area contributed by atoms with Crippen LogP contribution in [0.5, 0.6) is 0 Å². The maximum Gasteiger partial charge on any atom is 0.336 e. The number of rotatable bonds is 2. The normalized spacial score (nSPS) is 10.1. The number of aromatic nitrogens is 1. The van der Waals surface area contributed by atoms with Gasteiger partial charge in [0.1, 0.15) is 0 Å². The van der Waals surface area contributed by atoms with E-state index >= 15 is 0 Å². The third-order valence-corrected chi connectivity index (χ3v) is 2.48. The van der Waals surface area contributed by atoms with Gasteiger partial charge in [0.2, 0.25) is 0 Å². The summed E-state index contributed by atoms with van der Waals surface area (Å²) in [7, 11) is 0. The zero-order chi connectivity index (χ0) is 11.5. The first-order valence-electron chi connectivity index (χ1n) is 4.65. The topological polar surface area (TPSA) is 50.2 Å². The fourth-order valence-electron chi connectivity index (χ4n) is 1.48. The summed E-state index contributed by atoms with van der Waals surface area (Å²) in [4.78, 5) is 15.8. The van der Waals surface area contributed by atoms with Crippen molar-refractivity contribution in [2.45, 2.75) is 4.90 Å². The molecule has 3 nitrogen and oxygen atoms in total. The van der Waals surface area contributed by atoms with Crippen LogP contribution in [-0.4, -0.2) is 16.1 Å². The average molecular weight is 231 g/mol. The van der Waals surface area contributed by atoms with Crippen LogP contribution in [-0.2, 0) is 0 Å². The zero-order valence-corrected chi connectivity index (χ0v) is 9.19. The summed E-state index contributed by atoms with van der Waals surface area (Å²) >= 11 is 4.21. The molecule has 1 aromatic carbocycles. The molecule has 4 heteroatoms. The number of nitrogens with zero attached hydrogens (tertiary/aromatic N) is 1. The van der Waals surface area contributed by atoms with E-state index in [0.29, 0.717) is 5.56 Å². The highest BCUT2D eigenvalue weighted by molar-refractivity contribution is 7.80. The van der Waals surface area contributed by atoms with Crippen molar-refractivity contribution in [3.8, 4) is 11.1 Å². The van der Waals surface area contributed by atoms with E-state index in [1.54, 1.807) is 36.7 Å². The standard InChI is InChI=1S/C12H9NO2S/c14-12(15)10-4-3-9(16)6-11(10)8-2-1-5-13-7-8/h1-7,16H,(H,14,15). The van der Waals surface area contributed by atoms with Crippen molar-refractivity contribution in [1.29, 1.82) is 0 Å². The Bertz CT molecular complexity index is 526. The largest absolute Gasteiger partial charge is 0.478 e. The first kappa shape index (κ1) is 10.7. The van der Waals surface area contributed by atoms with Crippen LogP contribution in [0.15, 0.2) is 47.6 Å². The molecule has 80 valence electrons. The molecule has 0 aliphatic rings. The minimum atomic E-state index is -0.952. The molecule has 0 saturated heterocycles. The van der Waals surface area contributed by atoms with Gasteiger partial charge in [-0.15, -0.1) is 12.6 Å². The summed E-state index contributed by atoms with van der Waals surface area (Å²) < 4.78 is 0. The highest BCUT2D eigenvalue weighted by Crippen LogP contribution is 2.25. The van der Waals surface area contributed by atoms with Crippen LogP contribution in [0.25, 0.3) is 11.1 Å². The van der Waals surface area contributed by atoms with E-state index in [2.05, 4.69) is 17.6 Å². The van der Waals surface area contributed by atoms with E-state index in [4.69, 9.17) is 5.11 Å². The number of pyridine rings is 1. The fourth-order valence-corrected chi connectivity index (χ4v) is 1.68. The molecule has 0 atom stereocenters. The molecule has 2 aromatic rings. The number of hydrogen-bond donors (Lipinski definition) is 2. The second-order valence-corrected chi connectivity index (χ2v) is 3.79. The Morgan fingerprint density at radius 1 is 1.31 bits per heavy atom. The van der Waals surface area contributed by atoms with Gasteiger partial charge >= 0.3 is 5.97 Å². The van der Waals surface area contributed by atoms with E-state index < -0.39 is 5.97 Å². The van der Waals surface area contributed by atoms with Crippen LogP contribution in [0.2, 0.25) is 0 Å². The molecule has 0 fully saturated rings. The second-order valence-electron chi connectivity index (χ2n) is 3.28. The lowest BCUT2D eigenvalue weighted by molar-refractivity contribution is 0.0697. The van der Waals surface area contributed by atoms with E-state index in [9.17, 15) is 4.79 Å². The summed E-state index contributed by atoms with van der Waals surface area (Å²) in [6.45, 7) is 0. The number of carbonyl (C=O) groups is 1. The molecule has 2 rings (SSSR count). The summed E-state index contributed by atoms with van der Waals surface area (Å²) in [5.41, 5.74) is 1.66. The predicted molar refractivity (Wildman–Crippen MR) is 63.9 cm³/mol. The quantitative estimate of drug-likeness (QED) is 0.781. The third kappa shape index (κ3) is 2.06. The molecule has 1 aromatic heterocycles. The first-order valence-corrected chi connectivity index (χ1v) is 5.10. The Kier molecular flexibility index (Phi) is 2.92. The van der Waals surface area contributed by atoms with Crippen molar-refractivity contribution in [2.24, 2.45) is 0 Å². The van der Waals surface area contributed by atoms with Gasteiger partial charge in [-0.3, -0.25) is 4.98 Å². The zero-order valence-electron chi connectivity index (χ0n) is 8.29. The van der Waals surface area contributed by atoms with E-state index in [0.717, 1.165) is 10.5 Å². The monoisotopic (exact) mass is 231 g/mol. The van der Waals surface area contributed by atoms with Crippen molar-refractivity contribution >= 4 is 18.6 Å². The lowest BCUT2D eigenvalue weighted by Gasteiger charge is -2.06. The highest BCUT2D eigenvalue weighted by Gasteiger charge is 2.11. The Labute approximate surface area is 98.2 Å². The molecule has 0 saturated carbocycles. The molecule has 0 radical (unpaired) electrons. The summed E-state index contributed by atoms with van der Waals surface area (Å²) in [6, 6.07) is 8.52. The van der Waals surface area contributed by atoms with Gasteiger partial charge in [0, 0.05) is 22.9 Å². The third-order valence-electron chi connectivity index (χ3n) is 2.21. The van der Waals surface area contributed by atoms with Crippen LogP contribution in [0.3, 0.4) is 0 Å². The Morgan fingerprint density at radius 2 is 2.12 bits per heavy atom. The van der Waals surface area contributed by atoms with Gasteiger partial charge in [0.05, 0.1) is 5.56 Å². The molecule has 16 heavy (non-hydrogen) atoms. The average Bonchev–Trinajstić information content (AvgIpc) is 2.29. The SMILES string of the molecule is O=C(O)c1ccc(S)cc1-c1cccnc1. The van der Waals surface area contributed by atoms with Crippen LogP contribution < -0.4 is 0 Å². The highest BCUT2D eigenvalue weighted by atomic mass is 32.1. The molecular weight excluding hydrogens is 222 g/mol. The number of carboxylic acids is 1. The second kappa shape index (κ2) is 4.37. The van der Waals surface area contributed by atoms with E-state index in [1.807, 2.05) is 6.07 Å². The molecule has 0 spiro atoms. The predicted octanol–water partition coefficient (Wildman–Crippen LogP) is 2.74. The van der Waals surface area contributed by atoms with Crippen molar-refractivity contribution in [1.82, 2.24) is 4.98 Å². The number of carboxylic acid groups (broad SMARTS) is 1. The van der Waals surface area contributed by atoms with Crippen LogP contribution in [0, 0.1) is 0 Å². The van der Waals surface area contributed by atoms with Crippen LogP contribution >= 0.6 is 12.6 Å². The maximum absolute atomic E-state index is 11.1. The molecule has 0 unspecified atom stereocenters. The van der Waals surface area contributed by atoms with Crippen molar-refractivity contribution in [2.75, 3.05) is 0 Å². The van der Waals surface area contributed by atoms with Crippen molar-refractivity contribution in [3.63, 3.8) is 0 Å². The first-order chi connectivity index (χ1) is 7.68. The Hall–Kier alpha value is -1.81.